The number of aryl methyl sites for hydroxylation is 1. The van der Waals surface area contributed by atoms with Gasteiger partial charge in [-0.15, -0.1) is 0 Å². The van der Waals surface area contributed by atoms with Crippen molar-refractivity contribution >= 4 is 15.6 Å². The van der Waals surface area contributed by atoms with Crippen molar-refractivity contribution in [1.29, 1.82) is 0 Å². The van der Waals surface area contributed by atoms with E-state index < -0.39 is 21.9 Å². The summed E-state index contributed by atoms with van der Waals surface area (Å²) in [5.41, 5.74) is 1.72. The number of carbonyl (C=O) groups is 1. The molecule has 1 aliphatic heterocycles. The van der Waals surface area contributed by atoms with Gasteiger partial charge in [-0.2, -0.15) is 0 Å². The van der Waals surface area contributed by atoms with E-state index in [0.29, 0.717) is 12.0 Å². The summed E-state index contributed by atoms with van der Waals surface area (Å²) >= 11 is 0. The van der Waals surface area contributed by atoms with Crippen molar-refractivity contribution in [2.75, 3.05) is 11.5 Å². The molecule has 1 saturated heterocycles. The van der Waals surface area contributed by atoms with Crippen LogP contribution in [0.2, 0.25) is 0 Å². The minimum Gasteiger partial charge on any atom is -0.392 e. The highest BCUT2D eigenvalue weighted by atomic mass is 32.2. The van der Waals surface area contributed by atoms with Crippen LogP contribution in [0.25, 0.3) is 0 Å². The molecule has 3 rings (SSSR count). The van der Waals surface area contributed by atoms with Gasteiger partial charge in [0.2, 0.25) is 0 Å². The Balaban J connectivity index is 1.91. The van der Waals surface area contributed by atoms with Gasteiger partial charge in [-0.25, -0.2) is 8.42 Å². The number of hydrogen-bond acceptors (Lipinski definition) is 4. The van der Waals surface area contributed by atoms with Gasteiger partial charge in [-0.05, 0) is 18.4 Å². The van der Waals surface area contributed by atoms with Crippen molar-refractivity contribution in [1.82, 2.24) is 0 Å². The van der Waals surface area contributed by atoms with Gasteiger partial charge in [-0.3, -0.25) is 4.79 Å². The lowest BCUT2D eigenvalue weighted by Crippen LogP contribution is -2.35. The van der Waals surface area contributed by atoms with Crippen LogP contribution in [-0.2, 0) is 16.3 Å². The zero-order chi connectivity index (χ0) is 13.6. The second-order valence-electron chi connectivity index (χ2n) is 5.47. The van der Waals surface area contributed by atoms with E-state index in [9.17, 15) is 18.3 Å². The molecule has 1 heterocycles. The van der Waals surface area contributed by atoms with Crippen LogP contribution in [0.3, 0.4) is 0 Å². The van der Waals surface area contributed by atoms with Crippen LogP contribution < -0.4 is 0 Å². The van der Waals surface area contributed by atoms with Crippen LogP contribution in [-0.4, -0.2) is 36.9 Å². The number of ketones is 1. The molecule has 19 heavy (non-hydrogen) atoms. The van der Waals surface area contributed by atoms with Crippen LogP contribution in [0.5, 0.6) is 0 Å². The predicted octanol–water partition coefficient (Wildman–Crippen LogP) is 0.837. The molecule has 1 aromatic carbocycles. The first-order chi connectivity index (χ1) is 8.98. The molecule has 0 saturated carbocycles. The number of aliphatic hydroxyl groups is 1. The van der Waals surface area contributed by atoms with E-state index >= 15 is 0 Å². The Labute approximate surface area is 112 Å². The summed E-state index contributed by atoms with van der Waals surface area (Å²) in [6.45, 7) is 0. The molecule has 0 bridgehead atoms. The molecule has 0 spiro atoms. The molecule has 0 aromatic heterocycles. The predicted molar refractivity (Wildman–Crippen MR) is 70.7 cm³/mol. The fourth-order valence-corrected chi connectivity index (χ4v) is 5.21. The molecule has 5 heteroatoms. The molecule has 1 N–H and O–H groups in total. The van der Waals surface area contributed by atoms with Crippen molar-refractivity contribution in [3.8, 4) is 0 Å². The number of rotatable bonds is 1. The van der Waals surface area contributed by atoms with E-state index in [2.05, 4.69) is 0 Å². The Hall–Kier alpha value is -1.20. The normalized spacial score (nSPS) is 33.1. The topological polar surface area (TPSA) is 71.4 Å². The zero-order valence-electron chi connectivity index (χ0n) is 10.5. The van der Waals surface area contributed by atoms with Gasteiger partial charge >= 0.3 is 0 Å². The first kappa shape index (κ1) is 12.8. The van der Waals surface area contributed by atoms with Crippen molar-refractivity contribution < 1.29 is 18.3 Å². The standard InChI is InChI=1S/C14H16O4S/c15-13-8-19(17,18)7-12(13)11-6-5-9-3-1-2-4-10(9)14(11)16/h1-4,11-13,15H,5-8H2. The molecule has 1 aromatic rings. The fraction of sp³-hybridized carbons (Fsp3) is 0.500. The maximum atomic E-state index is 12.5. The van der Waals surface area contributed by atoms with Gasteiger partial charge in [0, 0.05) is 17.4 Å². The second-order valence-corrected chi connectivity index (χ2v) is 7.63. The van der Waals surface area contributed by atoms with Crippen molar-refractivity contribution in [3.05, 3.63) is 35.4 Å². The number of hydrogen-bond donors (Lipinski definition) is 1. The van der Waals surface area contributed by atoms with Crippen molar-refractivity contribution in [3.63, 3.8) is 0 Å². The molecule has 102 valence electrons. The molecule has 0 radical (unpaired) electrons. The van der Waals surface area contributed by atoms with Gasteiger partial charge in [0.25, 0.3) is 0 Å². The van der Waals surface area contributed by atoms with Crippen LogP contribution in [0.4, 0.5) is 0 Å². The maximum absolute atomic E-state index is 12.5. The van der Waals surface area contributed by atoms with Crippen LogP contribution in [0, 0.1) is 11.8 Å². The summed E-state index contributed by atoms with van der Waals surface area (Å²) in [5.74, 6) is -1.08. The van der Waals surface area contributed by atoms with E-state index in [1.165, 1.54) is 0 Å². The highest BCUT2D eigenvalue weighted by molar-refractivity contribution is 7.91. The molecule has 2 aliphatic rings. The third-order valence-corrected chi connectivity index (χ3v) is 5.97. The molecule has 3 unspecified atom stereocenters. The Morgan fingerprint density at radius 3 is 2.58 bits per heavy atom. The number of Topliss-reactive ketones (excluding diaryl/α,β-unsaturated/α-hetero) is 1. The largest absolute Gasteiger partial charge is 0.392 e. The van der Waals surface area contributed by atoms with E-state index in [-0.39, 0.29) is 23.2 Å². The molecule has 4 nitrogen and oxygen atoms in total. The number of carbonyl (C=O) groups excluding carboxylic acids is 1. The minimum absolute atomic E-state index is 0.0111. The average molecular weight is 280 g/mol. The van der Waals surface area contributed by atoms with E-state index in [0.717, 1.165) is 12.0 Å². The van der Waals surface area contributed by atoms with Crippen LogP contribution in [0.15, 0.2) is 24.3 Å². The summed E-state index contributed by atoms with van der Waals surface area (Å²) in [4.78, 5) is 12.5. The Kier molecular flexibility index (Phi) is 2.98. The Morgan fingerprint density at radius 1 is 1.16 bits per heavy atom. The average Bonchev–Trinajstić information content (AvgIpc) is 2.63. The molecule has 1 aliphatic carbocycles. The number of aliphatic hydroxyl groups excluding tert-OH is 1. The summed E-state index contributed by atoms with van der Waals surface area (Å²) in [5, 5.41) is 9.91. The monoisotopic (exact) mass is 280 g/mol. The summed E-state index contributed by atoms with van der Waals surface area (Å²) in [7, 11) is -3.20. The highest BCUT2D eigenvalue weighted by Gasteiger charge is 2.44. The third-order valence-electron chi connectivity index (χ3n) is 4.23. The number of benzene rings is 1. The molecule has 0 amide bonds. The summed E-state index contributed by atoms with van der Waals surface area (Å²) in [6.07, 6.45) is 0.507. The number of fused-ring (bicyclic) bond motifs is 1. The van der Waals surface area contributed by atoms with Crippen LogP contribution in [0.1, 0.15) is 22.3 Å². The van der Waals surface area contributed by atoms with Crippen molar-refractivity contribution in [2.45, 2.75) is 18.9 Å². The van der Waals surface area contributed by atoms with E-state index in [4.69, 9.17) is 0 Å². The lowest BCUT2D eigenvalue weighted by Gasteiger charge is -2.28. The SMILES string of the molecule is O=C1c2ccccc2CCC1C1CS(=O)(=O)CC1O. The van der Waals surface area contributed by atoms with Gasteiger partial charge in [0.15, 0.2) is 15.6 Å². The zero-order valence-corrected chi connectivity index (χ0v) is 11.3. The quantitative estimate of drug-likeness (QED) is 0.827. The molecule has 3 atom stereocenters. The molecule has 1 fully saturated rings. The second kappa shape index (κ2) is 4.42. The third kappa shape index (κ3) is 2.21. The highest BCUT2D eigenvalue weighted by Crippen LogP contribution is 2.35. The molecular formula is C14H16O4S. The van der Waals surface area contributed by atoms with Crippen LogP contribution >= 0.6 is 0 Å². The lowest BCUT2D eigenvalue weighted by atomic mass is 9.75. The smallest absolute Gasteiger partial charge is 0.166 e. The number of sulfone groups is 1. The van der Waals surface area contributed by atoms with Gasteiger partial charge in [-0.1, -0.05) is 24.3 Å². The first-order valence-corrected chi connectivity index (χ1v) is 8.31. The summed E-state index contributed by atoms with van der Waals surface area (Å²) < 4.78 is 23.1. The maximum Gasteiger partial charge on any atom is 0.166 e. The first-order valence-electron chi connectivity index (χ1n) is 6.48. The Morgan fingerprint density at radius 2 is 1.89 bits per heavy atom. The van der Waals surface area contributed by atoms with E-state index in [1.54, 1.807) is 6.07 Å². The van der Waals surface area contributed by atoms with Gasteiger partial charge in [0.05, 0.1) is 17.6 Å². The van der Waals surface area contributed by atoms with Gasteiger partial charge < -0.3 is 5.11 Å². The van der Waals surface area contributed by atoms with E-state index in [1.807, 2.05) is 18.2 Å². The lowest BCUT2D eigenvalue weighted by molar-refractivity contribution is 0.0701. The fourth-order valence-electron chi connectivity index (χ4n) is 3.27. The summed E-state index contributed by atoms with van der Waals surface area (Å²) in [6, 6.07) is 7.45. The van der Waals surface area contributed by atoms with Gasteiger partial charge in [0.1, 0.15) is 0 Å². The molecular weight excluding hydrogens is 264 g/mol. The Bertz CT molecular complexity index is 620. The minimum atomic E-state index is -3.20. The van der Waals surface area contributed by atoms with Crippen molar-refractivity contribution in [2.24, 2.45) is 11.8 Å².